The highest BCUT2D eigenvalue weighted by Gasteiger charge is 2.24. The van der Waals surface area contributed by atoms with Gasteiger partial charge in [-0.3, -0.25) is 4.79 Å². The van der Waals surface area contributed by atoms with Crippen LogP contribution in [0.2, 0.25) is 0 Å². The first kappa shape index (κ1) is 14.6. The summed E-state index contributed by atoms with van der Waals surface area (Å²) in [5, 5.41) is 5.78. The molecule has 0 radical (unpaired) electrons. The van der Waals surface area contributed by atoms with Crippen molar-refractivity contribution < 1.29 is 9.18 Å². The lowest BCUT2D eigenvalue weighted by molar-refractivity contribution is -0.126. The summed E-state index contributed by atoms with van der Waals surface area (Å²) < 4.78 is 13.5. The van der Waals surface area contributed by atoms with Crippen molar-refractivity contribution in [3.05, 3.63) is 34.6 Å². The second kappa shape index (κ2) is 5.48. The number of halogens is 1. The molecule has 1 amide bonds. The maximum Gasteiger partial charge on any atom is 0.239 e. The van der Waals surface area contributed by atoms with Crippen molar-refractivity contribution in [3.8, 4) is 0 Å². The molecule has 0 unspecified atom stereocenters. The number of hydrogen-bond donors (Lipinski definition) is 2. The zero-order chi connectivity index (χ0) is 13.9. The minimum absolute atomic E-state index is 0.0790. The molecule has 0 bridgehead atoms. The van der Waals surface area contributed by atoms with E-state index < -0.39 is 5.54 Å². The number of aryl methyl sites for hydroxylation is 2. The topological polar surface area (TPSA) is 41.1 Å². The molecule has 1 rings (SSSR count). The summed E-state index contributed by atoms with van der Waals surface area (Å²) in [6.45, 7) is 7.48. The Morgan fingerprint density at radius 2 is 1.78 bits per heavy atom. The molecule has 4 heteroatoms. The van der Waals surface area contributed by atoms with Crippen LogP contribution in [0.5, 0.6) is 0 Å². The summed E-state index contributed by atoms with van der Waals surface area (Å²) in [5.74, 6) is -0.259. The Kier molecular flexibility index (Phi) is 4.46. The molecule has 1 aromatic rings. The van der Waals surface area contributed by atoms with E-state index in [-0.39, 0.29) is 11.7 Å². The highest BCUT2D eigenvalue weighted by molar-refractivity contribution is 5.85. The van der Waals surface area contributed by atoms with Gasteiger partial charge < -0.3 is 10.6 Å². The van der Waals surface area contributed by atoms with Crippen LogP contribution >= 0.6 is 0 Å². The number of carbonyl (C=O) groups excluding carboxylic acids is 1. The minimum Gasteiger partial charge on any atom is -0.350 e. The normalized spacial score (nSPS) is 11.4. The van der Waals surface area contributed by atoms with Crippen LogP contribution in [0.3, 0.4) is 0 Å². The molecular weight excluding hydrogens is 231 g/mol. The van der Waals surface area contributed by atoms with E-state index >= 15 is 0 Å². The first-order valence-electron chi connectivity index (χ1n) is 6.00. The highest BCUT2D eigenvalue weighted by Crippen LogP contribution is 2.14. The first-order valence-corrected chi connectivity index (χ1v) is 6.00. The van der Waals surface area contributed by atoms with Crippen molar-refractivity contribution in [1.82, 2.24) is 10.6 Å². The molecular formula is C14H21FN2O. The van der Waals surface area contributed by atoms with E-state index in [0.29, 0.717) is 17.7 Å². The van der Waals surface area contributed by atoms with E-state index in [9.17, 15) is 9.18 Å². The van der Waals surface area contributed by atoms with Crippen LogP contribution in [-0.4, -0.2) is 18.5 Å². The number of likely N-dealkylation sites (N-methyl/N-ethyl adjacent to an activating group) is 1. The molecule has 0 fully saturated rings. The van der Waals surface area contributed by atoms with Crippen molar-refractivity contribution in [2.75, 3.05) is 7.05 Å². The van der Waals surface area contributed by atoms with Crippen LogP contribution in [-0.2, 0) is 11.3 Å². The van der Waals surface area contributed by atoms with Gasteiger partial charge >= 0.3 is 0 Å². The maximum absolute atomic E-state index is 13.5. The summed E-state index contributed by atoms with van der Waals surface area (Å²) in [6.07, 6.45) is 0. The molecule has 0 spiro atoms. The van der Waals surface area contributed by atoms with Gasteiger partial charge in [0.15, 0.2) is 0 Å². The summed E-state index contributed by atoms with van der Waals surface area (Å²) in [6, 6.07) is 3.52. The SMILES string of the molecule is CNC(C)(C)C(=O)NCc1cc(C)c(F)c(C)c1. The maximum atomic E-state index is 13.5. The summed E-state index contributed by atoms with van der Waals surface area (Å²) in [7, 11) is 1.74. The zero-order valence-corrected chi connectivity index (χ0v) is 11.6. The standard InChI is InChI=1S/C14H21FN2O/c1-9-6-11(7-10(2)12(9)15)8-17-13(18)14(3,4)16-5/h6-7,16H,8H2,1-5H3,(H,17,18). The lowest BCUT2D eigenvalue weighted by atomic mass is 10.0. The van der Waals surface area contributed by atoms with E-state index in [1.165, 1.54) is 0 Å². The van der Waals surface area contributed by atoms with E-state index in [1.54, 1.807) is 33.0 Å². The largest absolute Gasteiger partial charge is 0.350 e. The van der Waals surface area contributed by atoms with Gasteiger partial charge in [0, 0.05) is 6.54 Å². The van der Waals surface area contributed by atoms with Gasteiger partial charge in [-0.15, -0.1) is 0 Å². The van der Waals surface area contributed by atoms with Crippen LogP contribution in [0.1, 0.15) is 30.5 Å². The Hall–Kier alpha value is -1.42. The van der Waals surface area contributed by atoms with Crippen molar-refractivity contribution in [2.24, 2.45) is 0 Å². The van der Waals surface area contributed by atoms with Gasteiger partial charge in [-0.1, -0.05) is 12.1 Å². The van der Waals surface area contributed by atoms with E-state index in [4.69, 9.17) is 0 Å². The van der Waals surface area contributed by atoms with E-state index in [0.717, 1.165) is 5.56 Å². The van der Waals surface area contributed by atoms with E-state index in [2.05, 4.69) is 10.6 Å². The summed E-state index contributed by atoms with van der Waals surface area (Å²) >= 11 is 0. The average molecular weight is 252 g/mol. The smallest absolute Gasteiger partial charge is 0.239 e. The number of rotatable bonds is 4. The average Bonchev–Trinajstić information content (AvgIpc) is 2.32. The molecule has 0 aromatic heterocycles. The molecule has 0 aliphatic heterocycles. The van der Waals surface area contributed by atoms with Gasteiger partial charge in [0.2, 0.25) is 5.91 Å². The molecule has 0 saturated heterocycles. The third-order valence-electron chi connectivity index (χ3n) is 3.14. The number of amides is 1. The fraction of sp³-hybridized carbons (Fsp3) is 0.500. The second-order valence-electron chi connectivity index (χ2n) is 5.10. The molecule has 3 nitrogen and oxygen atoms in total. The van der Waals surface area contributed by atoms with Crippen molar-refractivity contribution in [1.29, 1.82) is 0 Å². The summed E-state index contributed by atoms with van der Waals surface area (Å²) in [4.78, 5) is 11.9. The van der Waals surface area contributed by atoms with Gasteiger partial charge in [-0.25, -0.2) is 4.39 Å². The number of benzene rings is 1. The molecule has 0 aliphatic carbocycles. The van der Waals surface area contributed by atoms with Crippen LogP contribution in [0, 0.1) is 19.7 Å². The molecule has 1 aromatic carbocycles. The predicted octanol–water partition coefficient (Wildman–Crippen LogP) is 2.06. The van der Waals surface area contributed by atoms with Crippen LogP contribution < -0.4 is 10.6 Å². The lowest BCUT2D eigenvalue weighted by Crippen LogP contribution is -2.50. The Morgan fingerprint density at radius 3 is 2.22 bits per heavy atom. The monoisotopic (exact) mass is 252 g/mol. The first-order chi connectivity index (χ1) is 8.27. The molecule has 0 heterocycles. The second-order valence-corrected chi connectivity index (χ2v) is 5.10. The van der Waals surface area contributed by atoms with Crippen LogP contribution in [0.25, 0.3) is 0 Å². The van der Waals surface area contributed by atoms with Crippen LogP contribution in [0.4, 0.5) is 4.39 Å². The van der Waals surface area contributed by atoms with Crippen molar-refractivity contribution >= 4 is 5.91 Å². The Morgan fingerprint density at radius 1 is 1.28 bits per heavy atom. The van der Waals surface area contributed by atoms with Crippen LogP contribution in [0.15, 0.2) is 12.1 Å². The highest BCUT2D eigenvalue weighted by atomic mass is 19.1. The minimum atomic E-state index is -0.607. The molecule has 0 aliphatic rings. The Labute approximate surface area is 108 Å². The fourth-order valence-electron chi connectivity index (χ4n) is 1.65. The fourth-order valence-corrected chi connectivity index (χ4v) is 1.65. The number of nitrogens with one attached hydrogen (secondary N) is 2. The lowest BCUT2D eigenvalue weighted by Gasteiger charge is -2.22. The third kappa shape index (κ3) is 3.29. The van der Waals surface area contributed by atoms with Gasteiger partial charge in [-0.05, 0) is 51.4 Å². The van der Waals surface area contributed by atoms with Crippen molar-refractivity contribution in [2.45, 2.75) is 39.8 Å². The molecule has 0 saturated carbocycles. The number of carbonyl (C=O) groups is 1. The van der Waals surface area contributed by atoms with E-state index in [1.807, 2.05) is 13.8 Å². The molecule has 0 atom stereocenters. The van der Waals surface area contributed by atoms with Gasteiger partial charge in [0.25, 0.3) is 0 Å². The zero-order valence-electron chi connectivity index (χ0n) is 11.6. The predicted molar refractivity (Wildman–Crippen MR) is 70.9 cm³/mol. The Bertz CT molecular complexity index is 432. The molecule has 2 N–H and O–H groups in total. The Balaban J connectivity index is 2.73. The van der Waals surface area contributed by atoms with Crippen molar-refractivity contribution in [3.63, 3.8) is 0 Å². The quantitative estimate of drug-likeness (QED) is 0.861. The number of hydrogen-bond acceptors (Lipinski definition) is 2. The summed E-state index contributed by atoms with van der Waals surface area (Å²) in [5.41, 5.74) is 1.51. The van der Waals surface area contributed by atoms with Gasteiger partial charge in [0.1, 0.15) is 5.82 Å². The molecule has 18 heavy (non-hydrogen) atoms. The molecule has 100 valence electrons. The van der Waals surface area contributed by atoms with Gasteiger partial charge in [-0.2, -0.15) is 0 Å². The van der Waals surface area contributed by atoms with Gasteiger partial charge in [0.05, 0.1) is 5.54 Å². The third-order valence-corrected chi connectivity index (χ3v) is 3.14.